The average Bonchev–Trinajstić information content (AvgIpc) is 1.69. The van der Waals surface area contributed by atoms with Crippen molar-refractivity contribution in [2.45, 2.75) is 13.8 Å². The lowest BCUT2D eigenvalue weighted by Gasteiger charge is -1.93. The number of halogens is 1. The maximum atomic E-state index is 4.73. The predicted octanol–water partition coefficient (Wildman–Crippen LogP) is 1.02. The Labute approximate surface area is 57.3 Å². The van der Waals surface area contributed by atoms with E-state index in [1.165, 1.54) is 7.69 Å². The first-order chi connectivity index (χ1) is 3.41. The first-order valence-corrected chi connectivity index (χ1v) is 2.46. The molecule has 0 bridgehead atoms. The maximum absolute atomic E-state index is 4.73. The van der Waals surface area contributed by atoms with Gasteiger partial charge in [-0.05, 0) is 13.8 Å². The molecule has 49 valence electrons. The van der Waals surface area contributed by atoms with Gasteiger partial charge in [-0.1, -0.05) is 0 Å². The molecule has 0 saturated heterocycles. The molecule has 0 aromatic rings. The molecule has 0 saturated carbocycles. The Morgan fingerprint density at radius 1 is 1.12 bits per heavy atom. The van der Waals surface area contributed by atoms with Crippen molar-refractivity contribution in [2.24, 2.45) is 0 Å². The highest BCUT2D eigenvalue weighted by molar-refractivity contribution is 6.17. The summed E-state index contributed by atoms with van der Waals surface area (Å²) in [6, 6.07) is 0. The van der Waals surface area contributed by atoms with Crippen LogP contribution in [0.15, 0.2) is 0 Å². The SMILES string of the molecule is CCO[B]OCC.Cl. The van der Waals surface area contributed by atoms with Crippen LogP contribution >= 0.6 is 12.4 Å². The first kappa shape index (κ1) is 11.1. The molecule has 0 rings (SSSR count). The summed E-state index contributed by atoms with van der Waals surface area (Å²) in [7, 11) is 1.36. The van der Waals surface area contributed by atoms with Gasteiger partial charge in [0, 0.05) is 13.2 Å². The van der Waals surface area contributed by atoms with E-state index in [4.69, 9.17) is 9.31 Å². The van der Waals surface area contributed by atoms with E-state index in [0.717, 1.165) is 0 Å². The van der Waals surface area contributed by atoms with Gasteiger partial charge in [-0.2, -0.15) is 0 Å². The van der Waals surface area contributed by atoms with Gasteiger partial charge in [0.2, 0.25) is 0 Å². The standard InChI is InChI=1S/C4H10BO2.ClH/c1-3-6-5-7-4-2;/h3-4H2,1-2H3;1H. The largest absolute Gasteiger partial charge is 0.487 e. The molecule has 0 aliphatic carbocycles. The molecule has 1 radical (unpaired) electrons. The van der Waals surface area contributed by atoms with Gasteiger partial charge in [0.1, 0.15) is 0 Å². The van der Waals surface area contributed by atoms with Crippen LogP contribution in [0.4, 0.5) is 0 Å². The van der Waals surface area contributed by atoms with Gasteiger partial charge in [-0.25, -0.2) is 0 Å². The van der Waals surface area contributed by atoms with E-state index in [-0.39, 0.29) is 12.4 Å². The molecule has 0 fully saturated rings. The van der Waals surface area contributed by atoms with E-state index in [0.29, 0.717) is 13.2 Å². The lowest BCUT2D eigenvalue weighted by molar-refractivity contribution is 0.240. The highest BCUT2D eigenvalue weighted by Gasteiger charge is 1.85. The van der Waals surface area contributed by atoms with E-state index in [9.17, 15) is 0 Å². The zero-order chi connectivity index (χ0) is 5.54. The van der Waals surface area contributed by atoms with Crippen LogP contribution in [-0.4, -0.2) is 20.9 Å². The monoisotopic (exact) mass is 137 g/mol. The quantitative estimate of drug-likeness (QED) is 0.425. The van der Waals surface area contributed by atoms with Crippen molar-refractivity contribution in [2.75, 3.05) is 13.2 Å². The van der Waals surface area contributed by atoms with Crippen molar-refractivity contribution < 1.29 is 9.31 Å². The van der Waals surface area contributed by atoms with Gasteiger partial charge in [-0.15, -0.1) is 12.4 Å². The Morgan fingerprint density at radius 3 is 1.75 bits per heavy atom. The average molecular weight is 137 g/mol. The van der Waals surface area contributed by atoms with Crippen molar-refractivity contribution in [3.05, 3.63) is 0 Å². The van der Waals surface area contributed by atoms with Crippen LogP contribution in [0.3, 0.4) is 0 Å². The fourth-order valence-corrected chi connectivity index (χ4v) is 0.184. The van der Waals surface area contributed by atoms with Crippen LogP contribution in [0.25, 0.3) is 0 Å². The Morgan fingerprint density at radius 2 is 1.50 bits per heavy atom. The summed E-state index contributed by atoms with van der Waals surface area (Å²) in [5.74, 6) is 0. The second kappa shape index (κ2) is 10.3. The Hall–Kier alpha value is 0.275. The summed E-state index contributed by atoms with van der Waals surface area (Å²) in [4.78, 5) is 0. The summed E-state index contributed by atoms with van der Waals surface area (Å²) in [6.45, 7) is 5.19. The van der Waals surface area contributed by atoms with Gasteiger partial charge in [0.05, 0.1) is 0 Å². The summed E-state index contributed by atoms with van der Waals surface area (Å²) in [5, 5.41) is 0. The van der Waals surface area contributed by atoms with Crippen LogP contribution < -0.4 is 0 Å². The van der Waals surface area contributed by atoms with Crippen molar-refractivity contribution in [1.82, 2.24) is 0 Å². The van der Waals surface area contributed by atoms with Gasteiger partial charge in [0.15, 0.2) is 0 Å². The smallest absolute Gasteiger partial charge is 0.414 e. The van der Waals surface area contributed by atoms with Gasteiger partial charge in [0.25, 0.3) is 0 Å². The molecule has 0 unspecified atom stereocenters. The van der Waals surface area contributed by atoms with Crippen LogP contribution in [0.1, 0.15) is 13.8 Å². The van der Waals surface area contributed by atoms with Crippen molar-refractivity contribution >= 4 is 20.1 Å². The number of rotatable bonds is 4. The Bertz CT molecular complexity index is 33.2. The third-order valence-corrected chi connectivity index (χ3v) is 0.469. The highest BCUT2D eigenvalue weighted by Crippen LogP contribution is 1.70. The van der Waals surface area contributed by atoms with E-state index < -0.39 is 0 Å². The summed E-state index contributed by atoms with van der Waals surface area (Å²) >= 11 is 0. The van der Waals surface area contributed by atoms with Gasteiger partial charge >= 0.3 is 7.69 Å². The summed E-state index contributed by atoms with van der Waals surface area (Å²) < 4.78 is 9.45. The molecule has 0 N–H and O–H groups in total. The molecule has 0 aliphatic rings. The Kier molecular flexibility index (Phi) is 14.3. The zero-order valence-electron chi connectivity index (χ0n) is 5.22. The minimum Gasteiger partial charge on any atom is -0.414 e. The van der Waals surface area contributed by atoms with E-state index in [1.807, 2.05) is 13.8 Å². The van der Waals surface area contributed by atoms with Crippen molar-refractivity contribution in [3.8, 4) is 0 Å². The summed E-state index contributed by atoms with van der Waals surface area (Å²) in [5.41, 5.74) is 0. The van der Waals surface area contributed by atoms with Crippen LogP contribution in [0.5, 0.6) is 0 Å². The van der Waals surface area contributed by atoms with Crippen molar-refractivity contribution in [1.29, 1.82) is 0 Å². The molecular weight excluding hydrogens is 126 g/mol. The molecule has 0 heterocycles. The van der Waals surface area contributed by atoms with Crippen LogP contribution in [-0.2, 0) is 9.31 Å². The minimum absolute atomic E-state index is 0. The van der Waals surface area contributed by atoms with Crippen molar-refractivity contribution in [3.63, 3.8) is 0 Å². The van der Waals surface area contributed by atoms with Crippen LogP contribution in [0, 0.1) is 0 Å². The van der Waals surface area contributed by atoms with Gasteiger partial charge in [-0.3, -0.25) is 0 Å². The molecule has 0 spiro atoms. The molecule has 8 heavy (non-hydrogen) atoms. The fourth-order valence-electron chi connectivity index (χ4n) is 0.184. The molecule has 0 atom stereocenters. The van der Waals surface area contributed by atoms with Crippen LogP contribution in [0.2, 0.25) is 0 Å². The highest BCUT2D eigenvalue weighted by atomic mass is 35.5. The fraction of sp³-hybridized carbons (Fsp3) is 1.00. The topological polar surface area (TPSA) is 18.5 Å². The third-order valence-electron chi connectivity index (χ3n) is 0.469. The first-order valence-electron chi connectivity index (χ1n) is 2.46. The van der Waals surface area contributed by atoms with E-state index >= 15 is 0 Å². The lowest BCUT2D eigenvalue weighted by Crippen LogP contribution is -2.02. The zero-order valence-corrected chi connectivity index (χ0v) is 6.03. The number of hydrogen-bond donors (Lipinski definition) is 0. The molecule has 4 heteroatoms. The molecule has 2 nitrogen and oxygen atoms in total. The summed E-state index contributed by atoms with van der Waals surface area (Å²) in [6.07, 6.45) is 0. The molecule has 0 amide bonds. The maximum Gasteiger partial charge on any atom is 0.487 e. The number of hydrogen-bond acceptors (Lipinski definition) is 2. The van der Waals surface area contributed by atoms with E-state index in [1.54, 1.807) is 0 Å². The third kappa shape index (κ3) is 9.55. The lowest BCUT2D eigenvalue weighted by atomic mass is 10.4. The Balaban J connectivity index is 0. The molecule has 0 aromatic heterocycles. The normalized spacial score (nSPS) is 7.75. The van der Waals surface area contributed by atoms with Gasteiger partial charge < -0.3 is 9.31 Å². The van der Waals surface area contributed by atoms with E-state index in [2.05, 4.69) is 0 Å². The molecular formula is C4H11BClO2. The minimum atomic E-state index is 0. The molecule has 0 aliphatic heterocycles. The second-order valence-electron chi connectivity index (χ2n) is 1.01. The molecule has 0 aromatic carbocycles. The second-order valence-corrected chi connectivity index (χ2v) is 1.01. The predicted molar refractivity (Wildman–Crippen MR) is 36.3 cm³/mol.